The van der Waals surface area contributed by atoms with Crippen molar-refractivity contribution in [1.29, 1.82) is 0 Å². The summed E-state index contributed by atoms with van der Waals surface area (Å²) in [6.45, 7) is 10.1. The summed E-state index contributed by atoms with van der Waals surface area (Å²) < 4.78 is 80.3. The van der Waals surface area contributed by atoms with Gasteiger partial charge in [0, 0.05) is 52.5 Å². The Morgan fingerprint density at radius 2 is 1.50 bits per heavy atom. The number of aromatic nitrogens is 1. The molecule has 1 aliphatic rings. The van der Waals surface area contributed by atoms with Crippen molar-refractivity contribution in [2.24, 2.45) is 5.92 Å². The van der Waals surface area contributed by atoms with Gasteiger partial charge in [0.25, 0.3) is 5.91 Å². The third-order valence-corrected chi connectivity index (χ3v) is 7.29. The summed E-state index contributed by atoms with van der Waals surface area (Å²) in [7, 11) is 1.35. The van der Waals surface area contributed by atoms with Crippen LogP contribution < -0.4 is 4.90 Å². The lowest BCUT2D eigenvalue weighted by atomic mass is 9.96. The van der Waals surface area contributed by atoms with Crippen molar-refractivity contribution in [3.05, 3.63) is 82.5 Å². The molecule has 3 aromatic rings. The summed E-state index contributed by atoms with van der Waals surface area (Å²) in [5, 5.41) is 0. The number of amides is 1. The highest BCUT2D eigenvalue weighted by Crippen LogP contribution is 2.37. The Morgan fingerprint density at radius 3 is 2.05 bits per heavy atom. The molecule has 11 heteroatoms. The van der Waals surface area contributed by atoms with Gasteiger partial charge in [0.2, 0.25) is 0 Å². The molecule has 0 aliphatic carbocycles. The third-order valence-electron chi connectivity index (χ3n) is 7.29. The zero-order chi connectivity index (χ0) is 30.8. The maximum absolute atomic E-state index is 13.7. The van der Waals surface area contributed by atoms with E-state index in [4.69, 9.17) is 0 Å². The molecular formula is C31H34F6N4O. The van der Waals surface area contributed by atoms with Crippen LogP contribution in [0, 0.1) is 12.8 Å². The summed E-state index contributed by atoms with van der Waals surface area (Å²) in [4.78, 5) is 23.9. The minimum Gasteiger partial charge on any atom is -0.354 e. The Morgan fingerprint density at radius 1 is 0.905 bits per heavy atom. The van der Waals surface area contributed by atoms with Gasteiger partial charge in [-0.25, -0.2) is 4.98 Å². The minimum atomic E-state index is -4.98. The maximum Gasteiger partial charge on any atom is 0.416 e. The first-order chi connectivity index (χ1) is 19.6. The molecule has 0 atom stereocenters. The number of carbonyl (C=O) groups excluding carboxylic acids is 1. The zero-order valence-electron chi connectivity index (χ0n) is 24.0. The number of anilines is 1. The molecule has 2 heterocycles. The number of halogens is 6. The molecule has 1 fully saturated rings. The van der Waals surface area contributed by atoms with Crippen LogP contribution in [0.3, 0.4) is 0 Å². The van der Waals surface area contributed by atoms with E-state index >= 15 is 0 Å². The topological polar surface area (TPSA) is 39.7 Å². The predicted octanol–water partition coefficient (Wildman–Crippen LogP) is 7.14. The molecule has 0 N–H and O–H groups in total. The molecule has 2 aromatic carbocycles. The largest absolute Gasteiger partial charge is 0.416 e. The second-order valence-corrected chi connectivity index (χ2v) is 11.2. The standard InChI is InChI=1S/C31H34F6N4O/c1-20(2)18-40-9-11-41(12-10-40)28-16-26(25-8-6-5-7-21(25)3)27(17-38-28)29(42)39(4)19-22-13-23(30(32,33)34)15-24(14-22)31(35,36)37/h5-8,13-17,20H,9-12,18-19H2,1-4H3. The van der Waals surface area contributed by atoms with Crippen LogP contribution in [0.25, 0.3) is 11.1 Å². The van der Waals surface area contributed by atoms with Crippen molar-refractivity contribution in [3.8, 4) is 11.1 Å². The SMILES string of the molecule is Cc1ccccc1-c1cc(N2CCN(CC(C)C)CC2)ncc1C(=O)N(C)Cc1cc(C(F)(F)F)cc(C(F)(F)F)c1. The lowest BCUT2D eigenvalue weighted by Crippen LogP contribution is -2.47. The number of benzene rings is 2. The fourth-order valence-electron chi connectivity index (χ4n) is 5.22. The van der Waals surface area contributed by atoms with Crippen molar-refractivity contribution >= 4 is 11.7 Å². The predicted molar refractivity (Wildman–Crippen MR) is 150 cm³/mol. The fourth-order valence-corrected chi connectivity index (χ4v) is 5.22. The number of rotatable bonds is 7. The van der Waals surface area contributed by atoms with E-state index in [9.17, 15) is 31.1 Å². The summed E-state index contributed by atoms with van der Waals surface area (Å²) in [6.07, 6.45) is -8.50. The first-order valence-corrected chi connectivity index (χ1v) is 13.7. The van der Waals surface area contributed by atoms with E-state index in [2.05, 4.69) is 28.6 Å². The van der Waals surface area contributed by atoms with Crippen LogP contribution in [0.2, 0.25) is 0 Å². The molecule has 0 radical (unpaired) electrons. The molecule has 0 spiro atoms. The Kier molecular flexibility index (Phi) is 9.20. The van der Waals surface area contributed by atoms with Gasteiger partial charge in [0.05, 0.1) is 16.7 Å². The second-order valence-electron chi connectivity index (χ2n) is 11.2. The normalized spacial score (nSPS) is 14.9. The number of aryl methyl sites for hydroxylation is 1. The average Bonchev–Trinajstić information content (AvgIpc) is 2.91. The Bertz CT molecular complexity index is 1380. The number of hydrogen-bond acceptors (Lipinski definition) is 4. The minimum absolute atomic E-state index is 0.0763. The van der Waals surface area contributed by atoms with Crippen LogP contribution >= 0.6 is 0 Å². The van der Waals surface area contributed by atoms with Crippen molar-refractivity contribution in [1.82, 2.24) is 14.8 Å². The Hall–Kier alpha value is -3.60. The lowest BCUT2D eigenvalue weighted by molar-refractivity contribution is -0.143. The third kappa shape index (κ3) is 7.42. The van der Waals surface area contributed by atoms with Crippen LogP contribution in [0.1, 0.15) is 46.5 Å². The molecule has 42 heavy (non-hydrogen) atoms. The van der Waals surface area contributed by atoms with E-state index in [1.54, 1.807) is 0 Å². The van der Waals surface area contributed by atoms with Crippen LogP contribution in [0.4, 0.5) is 32.2 Å². The van der Waals surface area contributed by atoms with Crippen LogP contribution in [0.15, 0.2) is 54.7 Å². The van der Waals surface area contributed by atoms with Gasteiger partial charge in [-0.05, 0) is 59.4 Å². The van der Waals surface area contributed by atoms with E-state index in [1.807, 2.05) is 37.3 Å². The van der Waals surface area contributed by atoms with Crippen molar-refractivity contribution in [2.45, 2.75) is 39.7 Å². The van der Waals surface area contributed by atoms with Gasteiger partial charge in [0.1, 0.15) is 5.82 Å². The highest BCUT2D eigenvalue weighted by atomic mass is 19.4. The summed E-state index contributed by atoms with van der Waals surface area (Å²) in [5.41, 5.74) is -0.636. The van der Waals surface area contributed by atoms with Gasteiger partial charge in [-0.2, -0.15) is 26.3 Å². The van der Waals surface area contributed by atoms with Crippen LogP contribution in [-0.2, 0) is 18.9 Å². The molecular weight excluding hydrogens is 558 g/mol. The molecule has 1 amide bonds. The monoisotopic (exact) mass is 592 g/mol. The zero-order valence-corrected chi connectivity index (χ0v) is 24.0. The number of hydrogen-bond donors (Lipinski definition) is 0. The molecule has 1 saturated heterocycles. The highest BCUT2D eigenvalue weighted by Gasteiger charge is 2.37. The fraction of sp³-hybridized carbons (Fsp3) is 0.419. The smallest absolute Gasteiger partial charge is 0.354 e. The van der Waals surface area contributed by atoms with E-state index < -0.39 is 35.9 Å². The average molecular weight is 593 g/mol. The van der Waals surface area contributed by atoms with Gasteiger partial charge >= 0.3 is 12.4 Å². The van der Waals surface area contributed by atoms with Gasteiger partial charge in [-0.3, -0.25) is 9.69 Å². The quantitative estimate of drug-likeness (QED) is 0.274. The van der Waals surface area contributed by atoms with E-state index in [0.29, 0.717) is 29.4 Å². The van der Waals surface area contributed by atoms with Crippen LogP contribution in [-0.4, -0.2) is 60.5 Å². The van der Waals surface area contributed by atoms with E-state index in [1.165, 1.54) is 13.2 Å². The maximum atomic E-state index is 13.7. The van der Waals surface area contributed by atoms with E-state index in [-0.39, 0.29) is 17.2 Å². The van der Waals surface area contributed by atoms with Gasteiger partial charge in [0.15, 0.2) is 0 Å². The number of piperazine rings is 1. The second kappa shape index (κ2) is 12.3. The van der Waals surface area contributed by atoms with Gasteiger partial charge in [-0.1, -0.05) is 38.1 Å². The van der Waals surface area contributed by atoms with Crippen molar-refractivity contribution in [3.63, 3.8) is 0 Å². The first-order valence-electron chi connectivity index (χ1n) is 13.7. The highest BCUT2D eigenvalue weighted by molar-refractivity contribution is 6.01. The summed E-state index contributed by atoms with van der Waals surface area (Å²) in [5.74, 6) is 0.685. The lowest BCUT2D eigenvalue weighted by Gasteiger charge is -2.36. The van der Waals surface area contributed by atoms with E-state index in [0.717, 1.165) is 48.8 Å². The molecule has 226 valence electrons. The number of alkyl halides is 6. The van der Waals surface area contributed by atoms with Crippen molar-refractivity contribution < 1.29 is 31.1 Å². The number of pyridine rings is 1. The number of carbonyl (C=O) groups is 1. The molecule has 1 aromatic heterocycles. The van der Waals surface area contributed by atoms with Crippen molar-refractivity contribution in [2.75, 3.05) is 44.7 Å². The Balaban J connectivity index is 1.66. The molecule has 0 saturated carbocycles. The van der Waals surface area contributed by atoms with Gasteiger partial charge < -0.3 is 9.80 Å². The van der Waals surface area contributed by atoms with Gasteiger partial charge in [-0.15, -0.1) is 0 Å². The molecule has 5 nitrogen and oxygen atoms in total. The number of nitrogens with zero attached hydrogens (tertiary/aromatic N) is 4. The molecule has 4 rings (SSSR count). The first kappa shape index (κ1) is 31.3. The molecule has 0 unspecified atom stereocenters. The molecule has 0 bridgehead atoms. The summed E-state index contributed by atoms with van der Waals surface area (Å²) >= 11 is 0. The van der Waals surface area contributed by atoms with Crippen LogP contribution in [0.5, 0.6) is 0 Å². The molecule has 1 aliphatic heterocycles. The summed E-state index contributed by atoms with van der Waals surface area (Å²) in [6, 6.07) is 10.7. The Labute approximate surface area is 241 Å².